The Balaban J connectivity index is 2.11. The van der Waals surface area contributed by atoms with Crippen molar-refractivity contribution in [2.24, 2.45) is 10.9 Å². The van der Waals surface area contributed by atoms with Crippen molar-refractivity contribution in [3.63, 3.8) is 0 Å². The second-order valence-corrected chi connectivity index (χ2v) is 6.85. The number of carbonyl (C=O) groups is 1. The van der Waals surface area contributed by atoms with Crippen molar-refractivity contribution in [2.75, 3.05) is 7.11 Å². The molecule has 0 amide bonds. The van der Waals surface area contributed by atoms with Gasteiger partial charge in [0.25, 0.3) is 0 Å². The number of hydrogen-bond acceptors (Lipinski definition) is 6. The molecular weight excluding hydrogens is 314 g/mol. The van der Waals surface area contributed by atoms with Gasteiger partial charge in [0.15, 0.2) is 6.10 Å². The molecule has 0 aliphatic carbocycles. The van der Waals surface area contributed by atoms with Crippen LogP contribution < -0.4 is 0 Å². The molecule has 2 aromatic rings. The van der Waals surface area contributed by atoms with Crippen LogP contribution in [0.5, 0.6) is 0 Å². The molecule has 0 fully saturated rings. The van der Waals surface area contributed by atoms with Crippen molar-refractivity contribution >= 4 is 23.2 Å². The lowest BCUT2D eigenvalue weighted by molar-refractivity contribution is -0.158. The van der Waals surface area contributed by atoms with Gasteiger partial charge in [-0.2, -0.15) is 0 Å². The number of esters is 1. The van der Waals surface area contributed by atoms with Gasteiger partial charge in [0.2, 0.25) is 11.4 Å². The topological polar surface area (TPSA) is 61.0 Å². The molecular formula is C17H19NO4S. The van der Waals surface area contributed by atoms with Gasteiger partial charge in [-0.15, -0.1) is 11.3 Å². The number of thiophene rings is 1. The fourth-order valence-electron chi connectivity index (χ4n) is 2.68. The van der Waals surface area contributed by atoms with Crippen LogP contribution in [0.25, 0.3) is 0 Å². The summed E-state index contributed by atoms with van der Waals surface area (Å²) < 4.78 is 16.6. The maximum atomic E-state index is 12.9. The highest BCUT2D eigenvalue weighted by molar-refractivity contribution is 7.09. The van der Waals surface area contributed by atoms with E-state index in [0.717, 1.165) is 4.88 Å². The fraction of sp³-hybridized carbons (Fsp3) is 0.412. The second kappa shape index (κ2) is 6.20. The summed E-state index contributed by atoms with van der Waals surface area (Å²) in [6.45, 7) is 3.93. The Morgan fingerprint density at radius 3 is 2.78 bits per heavy atom. The number of rotatable bonds is 4. The van der Waals surface area contributed by atoms with E-state index in [0.29, 0.717) is 18.1 Å². The van der Waals surface area contributed by atoms with Gasteiger partial charge in [-0.25, -0.2) is 9.79 Å². The largest absolute Gasteiger partial charge is 0.482 e. The summed E-state index contributed by atoms with van der Waals surface area (Å²) in [7, 11) is 1.55. The van der Waals surface area contributed by atoms with Crippen LogP contribution in [0.3, 0.4) is 0 Å². The van der Waals surface area contributed by atoms with Gasteiger partial charge in [-0.1, -0.05) is 19.9 Å². The molecule has 2 aromatic heterocycles. The minimum absolute atomic E-state index is 0.0778. The quantitative estimate of drug-likeness (QED) is 0.805. The molecule has 0 saturated heterocycles. The van der Waals surface area contributed by atoms with Gasteiger partial charge in [-0.3, -0.25) is 0 Å². The molecule has 0 unspecified atom stereocenters. The van der Waals surface area contributed by atoms with Gasteiger partial charge in [0.1, 0.15) is 5.76 Å². The minimum atomic E-state index is -1.23. The summed E-state index contributed by atoms with van der Waals surface area (Å²) in [4.78, 5) is 18.6. The summed E-state index contributed by atoms with van der Waals surface area (Å²) in [5.74, 6) is 0.564. The number of carbonyl (C=O) groups excluding carboxylic acids is 1. The summed E-state index contributed by atoms with van der Waals surface area (Å²) in [5.41, 5.74) is -1.23. The number of ether oxygens (including phenoxy) is 2. The van der Waals surface area contributed by atoms with Crippen molar-refractivity contribution in [1.82, 2.24) is 0 Å². The molecule has 3 heterocycles. The van der Waals surface area contributed by atoms with Crippen LogP contribution in [0.2, 0.25) is 0 Å². The first-order valence-corrected chi connectivity index (χ1v) is 8.36. The molecule has 3 rings (SSSR count). The number of cyclic esters (lactones) is 1. The first kappa shape index (κ1) is 15.8. The van der Waals surface area contributed by atoms with Gasteiger partial charge in [0.05, 0.1) is 13.4 Å². The third-order valence-electron chi connectivity index (χ3n) is 3.87. The Hall–Kier alpha value is -2.08. The van der Waals surface area contributed by atoms with Crippen LogP contribution in [0.15, 0.2) is 45.3 Å². The normalized spacial score (nSPS) is 24.4. The molecule has 122 valence electrons. The predicted molar refractivity (Wildman–Crippen MR) is 87.6 cm³/mol. The monoisotopic (exact) mass is 333 g/mol. The molecule has 1 aliphatic heterocycles. The Bertz CT molecular complexity index is 690. The summed E-state index contributed by atoms with van der Waals surface area (Å²) in [6.07, 6.45) is 1.45. The maximum Gasteiger partial charge on any atom is 0.343 e. The van der Waals surface area contributed by atoms with Crippen molar-refractivity contribution < 1.29 is 18.7 Å². The summed E-state index contributed by atoms with van der Waals surface area (Å²) >= 11 is 1.57. The zero-order valence-corrected chi connectivity index (χ0v) is 14.1. The first-order valence-electron chi connectivity index (χ1n) is 7.48. The summed E-state index contributed by atoms with van der Waals surface area (Å²) in [5, 5.41) is 1.97. The van der Waals surface area contributed by atoms with Crippen LogP contribution in [0.1, 0.15) is 24.5 Å². The van der Waals surface area contributed by atoms with Gasteiger partial charge < -0.3 is 13.9 Å². The van der Waals surface area contributed by atoms with E-state index in [1.807, 2.05) is 31.4 Å². The molecule has 2 atom stereocenters. The number of aliphatic imine (C=N–C) groups is 1. The molecule has 0 radical (unpaired) electrons. The highest BCUT2D eigenvalue weighted by Crippen LogP contribution is 2.38. The van der Waals surface area contributed by atoms with Crippen LogP contribution in [-0.4, -0.2) is 25.1 Å². The fourth-order valence-corrected chi connectivity index (χ4v) is 3.46. The zero-order valence-electron chi connectivity index (χ0n) is 13.3. The van der Waals surface area contributed by atoms with Crippen LogP contribution in [0, 0.1) is 5.92 Å². The molecule has 5 nitrogen and oxygen atoms in total. The average Bonchev–Trinajstić information content (AvgIpc) is 3.21. The van der Waals surface area contributed by atoms with Crippen molar-refractivity contribution in [2.45, 2.75) is 31.9 Å². The maximum absolute atomic E-state index is 12.9. The van der Waals surface area contributed by atoms with E-state index in [9.17, 15) is 4.79 Å². The molecule has 23 heavy (non-hydrogen) atoms. The predicted octanol–water partition coefficient (Wildman–Crippen LogP) is 3.41. The lowest BCUT2D eigenvalue weighted by Crippen LogP contribution is -2.49. The molecule has 0 saturated carbocycles. The smallest absolute Gasteiger partial charge is 0.343 e. The van der Waals surface area contributed by atoms with E-state index in [4.69, 9.17) is 13.9 Å². The third kappa shape index (κ3) is 2.79. The second-order valence-electron chi connectivity index (χ2n) is 5.82. The molecule has 0 spiro atoms. The zero-order chi connectivity index (χ0) is 16.4. The number of hydrogen-bond donors (Lipinski definition) is 0. The van der Waals surface area contributed by atoms with E-state index < -0.39 is 17.6 Å². The van der Waals surface area contributed by atoms with Crippen LogP contribution in [-0.2, 0) is 26.2 Å². The Morgan fingerprint density at radius 1 is 1.39 bits per heavy atom. The Morgan fingerprint density at radius 2 is 2.22 bits per heavy atom. The van der Waals surface area contributed by atoms with E-state index in [2.05, 4.69) is 4.99 Å². The summed E-state index contributed by atoms with van der Waals surface area (Å²) in [6, 6.07) is 7.41. The SMILES string of the molecule is COC1=N[C@](Cc2cccs2)(c2ccco2)C(=O)O[C@H]1C(C)C. The highest BCUT2D eigenvalue weighted by Gasteiger charge is 2.51. The first-order chi connectivity index (χ1) is 11.1. The van der Waals surface area contributed by atoms with Gasteiger partial charge in [0, 0.05) is 11.3 Å². The number of methoxy groups -OCH3 is 1. The van der Waals surface area contributed by atoms with Crippen molar-refractivity contribution in [3.8, 4) is 0 Å². The average molecular weight is 333 g/mol. The molecule has 0 bridgehead atoms. The molecule has 1 aliphatic rings. The molecule has 0 aromatic carbocycles. The Labute approximate surface area is 138 Å². The van der Waals surface area contributed by atoms with E-state index in [-0.39, 0.29) is 5.92 Å². The van der Waals surface area contributed by atoms with Crippen molar-refractivity contribution in [3.05, 3.63) is 46.5 Å². The lowest BCUT2D eigenvalue weighted by Gasteiger charge is -2.35. The van der Waals surface area contributed by atoms with Gasteiger partial charge >= 0.3 is 5.97 Å². The van der Waals surface area contributed by atoms with E-state index in [1.165, 1.54) is 6.26 Å². The van der Waals surface area contributed by atoms with Crippen molar-refractivity contribution in [1.29, 1.82) is 0 Å². The number of nitrogens with zero attached hydrogens (tertiary/aromatic N) is 1. The standard InChI is InChI=1S/C17H19NO4S/c1-11(2)14-15(20-3)18-17(16(19)22-14,13-7-4-8-21-13)10-12-6-5-9-23-12/h4-9,11,14H,10H2,1-3H3/t14-,17+/m0/s1. The Kier molecular flexibility index (Phi) is 4.26. The number of furan rings is 1. The lowest BCUT2D eigenvalue weighted by atomic mass is 9.89. The third-order valence-corrected chi connectivity index (χ3v) is 4.75. The molecule has 6 heteroatoms. The van der Waals surface area contributed by atoms with Gasteiger partial charge in [-0.05, 0) is 29.5 Å². The minimum Gasteiger partial charge on any atom is -0.482 e. The highest BCUT2D eigenvalue weighted by atomic mass is 32.1. The van der Waals surface area contributed by atoms with E-state index >= 15 is 0 Å². The van der Waals surface area contributed by atoms with Crippen LogP contribution >= 0.6 is 11.3 Å². The molecule has 0 N–H and O–H groups in total. The van der Waals surface area contributed by atoms with E-state index in [1.54, 1.807) is 30.6 Å². The van der Waals surface area contributed by atoms with Crippen LogP contribution in [0.4, 0.5) is 0 Å².